The Labute approximate surface area is 112 Å². The van der Waals surface area contributed by atoms with Crippen molar-refractivity contribution in [2.75, 3.05) is 11.9 Å². The lowest BCUT2D eigenvalue weighted by Gasteiger charge is -2.26. The molecule has 0 bridgehead atoms. The summed E-state index contributed by atoms with van der Waals surface area (Å²) in [7, 11) is 0. The molecule has 0 spiro atoms. The molecule has 2 unspecified atom stereocenters. The van der Waals surface area contributed by atoms with Crippen molar-refractivity contribution in [3.8, 4) is 6.07 Å². The van der Waals surface area contributed by atoms with Crippen LogP contribution in [0.4, 0.5) is 5.69 Å². The quantitative estimate of drug-likeness (QED) is 0.882. The van der Waals surface area contributed by atoms with Gasteiger partial charge in [-0.15, -0.1) is 0 Å². The number of anilines is 1. The van der Waals surface area contributed by atoms with Crippen molar-refractivity contribution in [1.82, 2.24) is 0 Å². The fraction of sp³-hybridized carbons (Fsp3) is 0.500. The summed E-state index contributed by atoms with van der Waals surface area (Å²) >= 11 is 5.93. The minimum atomic E-state index is -0.166. The van der Waals surface area contributed by atoms with Crippen molar-refractivity contribution in [3.05, 3.63) is 28.8 Å². The highest BCUT2D eigenvalue weighted by molar-refractivity contribution is 6.30. The fourth-order valence-electron chi connectivity index (χ4n) is 2.46. The molecule has 0 heterocycles. The van der Waals surface area contributed by atoms with Crippen LogP contribution in [0.1, 0.15) is 31.2 Å². The number of nitrogens with one attached hydrogen (secondary N) is 1. The van der Waals surface area contributed by atoms with E-state index in [-0.39, 0.29) is 6.10 Å². The first-order valence-electron chi connectivity index (χ1n) is 6.30. The Morgan fingerprint density at radius 2 is 2.28 bits per heavy atom. The predicted molar refractivity (Wildman–Crippen MR) is 72.6 cm³/mol. The molecule has 1 fully saturated rings. The van der Waals surface area contributed by atoms with Crippen LogP contribution in [0.2, 0.25) is 5.02 Å². The Hall–Kier alpha value is -1.24. The first kappa shape index (κ1) is 13.2. The summed E-state index contributed by atoms with van der Waals surface area (Å²) in [6.07, 6.45) is 3.80. The normalized spacial score (nSPS) is 23.4. The number of nitriles is 1. The molecule has 0 amide bonds. The summed E-state index contributed by atoms with van der Waals surface area (Å²) in [5, 5.41) is 22.5. The number of benzene rings is 1. The van der Waals surface area contributed by atoms with Gasteiger partial charge in [-0.25, -0.2) is 0 Å². The monoisotopic (exact) mass is 264 g/mol. The Morgan fingerprint density at radius 3 is 3.00 bits per heavy atom. The molecule has 1 aromatic rings. The van der Waals surface area contributed by atoms with E-state index >= 15 is 0 Å². The zero-order valence-corrected chi connectivity index (χ0v) is 11.0. The van der Waals surface area contributed by atoms with Gasteiger partial charge in [0.25, 0.3) is 0 Å². The van der Waals surface area contributed by atoms with Crippen molar-refractivity contribution in [2.45, 2.75) is 31.8 Å². The second-order valence-corrected chi connectivity index (χ2v) is 5.31. The topological polar surface area (TPSA) is 56.0 Å². The number of rotatable bonds is 3. The van der Waals surface area contributed by atoms with Gasteiger partial charge in [-0.3, -0.25) is 0 Å². The molecule has 1 aliphatic rings. The van der Waals surface area contributed by atoms with Crippen LogP contribution in [0.5, 0.6) is 0 Å². The molecule has 0 radical (unpaired) electrons. The number of aliphatic hydroxyl groups is 1. The molecule has 0 aliphatic heterocycles. The van der Waals surface area contributed by atoms with Gasteiger partial charge in [0.05, 0.1) is 17.4 Å². The smallest absolute Gasteiger partial charge is 0.101 e. The lowest BCUT2D eigenvalue weighted by Crippen LogP contribution is -2.25. The van der Waals surface area contributed by atoms with Gasteiger partial charge < -0.3 is 10.4 Å². The third kappa shape index (κ3) is 3.38. The van der Waals surface area contributed by atoms with E-state index in [1.165, 1.54) is 0 Å². The predicted octanol–water partition coefficient (Wildman–Crippen LogP) is 3.17. The molecule has 2 atom stereocenters. The van der Waals surface area contributed by atoms with Gasteiger partial charge in [-0.1, -0.05) is 18.0 Å². The zero-order valence-electron chi connectivity index (χ0n) is 10.2. The van der Waals surface area contributed by atoms with Crippen molar-refractivity contribution >= 4 is 17.3 Å². The number of hydrogen-bond donors (Lipinski definition) is 2. The number of nitrogens with zero attached hydrogens (tertiary/aromatic N) is 1. The van der Waals surface area contributed by atoms with Gasteiger partial charge >= 0.3 is 0 Å². The lowest BCUT2D eigenvalue weighted by molar-refractivity contribution is 0.105. The Morgan fingerprint density at radius 1 is 1.44 bits per heavy atom. The van der Waals surface area contributed by atoms with Crippen LogP contribution in [0.15, 0.2) is 18.2 Å². The van der Waals surface area contributed by atoms with E-state index in [1.54, 1.807) is 18.2 Å². The Bertz CT molecular complexity index is 456. The molecule has 18 heavy (non-hydrogen) atoms. The fourth-order valence-corrected chi connectivity index (χ4v) is 2.63. The maximum Gasteiger partial charge on any atom is 0.101 e. The molecule has 1 saturated carbocycles. The van der Waals surface area contributed by atoms with Crippen LogP contribution in [-0.2, 0) is 0 Å². The van der Waals surface area contributed by atoms with Crippen LogP contribution in [0, 0.1) is 17.2 Å². The molecule has 4 heteroatoms. The highest BCUT2D eigenvalue weighted by Gasteiger charge is 2.20. The maximum absolute atomic E-state index is 9.62. The summed E-state index contributed by atoms with van der Waals surface area (Å²) in [6, 6.07) is 7.37. The van der Waals surface area contributed by atoms with Crippen molar-refractivity contribution in [2.24, 2.45) is 5.92 Å². The van der Waals surface area contributed by atoms with Crippen LogP contribution < -0.4 is 5.32 Å². The molecule has 1 aliphatic carbocycles. The number of halogens is 1. The van der Waals surface area contributed by atoms with Crippen molar-refractivity contribution in [3.63, 3.8) is 0 Å². The molecular formula is C14H17ClN2O. The van der Waals surface area contributed by atoms with E-state index in [2.05, 4.69) is 11.4 Å². The average Bonchev–Trinajstić information content (AvgIpc) is 2.37. The number of hydrogen-bond acceptors (Lipinski definition) is 3. The molecule has 96 valence electrons. The summed E-state index contributed by atoms with van der Waals surface area (Å²) < 4.78 is 0. The van der Waals surface area contributed by atoms with E-state index in [1.807, 2.05) is 0 Å². The SMILES string of the molecule is N#Cc1ccc(Cl)cc1NCC1CCCC(O)C1. The zero-order chi connectivity index (χ0) is 13.0. The third-order valence-electron chi connectivity index (χ3n) is 3.44. The van der Waals surface area contributed by atoms with E-state index in [4.69, 9.17) is 16.9 Å². The maximum atomic E-state index is 9.62. The highest BCUT2D eigenvalue weighted by Crippen LogP contribution is 2.26. The first-order valence-corrected chi connectivity index (χ1v) is 6.68. The van der Waals surface area contributed by atoms with Gasteiger partial charge in [-0.2, -0.15) is 5.26 Å². The van der Waals surface area contributed by atoms with Gasteiger partial charge in [0.15, 0.2) is 0 Å². The van der Waals surface area contributed by atoms with Gasteiger partial charge in [0.2, 0.25) is 0 Å². The summed E-state index contributed by atoms with van der Waals surface area (Å²) in [6.45, 7) is 0.784. The molecule has 0 saturated heterocycles. The summed E-state index contributed by atoms with van der Waals surface area (Å²) in [5.74, 6) is 0.472. The minimum absolute atomic E-state index is 0.166. The highest BCUT2D eigenvalue weighted by atomic mass is 35.5. The largest absolute Gasteiger partial charge is 0.393 e. The summed E-state index contributed by atoms with van der Waals surface area (Å²) in [4.78, 5) is 0. The van der Waals surface area contributed by atoms with E-state index in [0.29, 0.717) is 16.5 Å². The van der Waals surface area contributed by atoms with E-state index in [9.17, 15) is 5.11 Å². The molecular weight excluding hydrogens is 248 g/mol. The molecule has 3 nitrogen and oxygen atoms in total. The number of aliphatic hydroxyl groups excluding tert-OH is 1. The van der Waals surface area contributed by atoms with Gasteiger partial charge in [0, 0.05) is 11.6 Å². The van der Waals surface area contributed by atoms with E-state index < -0.39 is 0 Å². The second-order valence-electron chi connectivity index (χ2n) is 4.87. The lowest BCUT2D eigenvalue weighted by atomic mass is 9.87. The van der Waals surface area contributed by atoms with E-state index in [0.717, 1.165) is 37.9 Å². The van der Waals surface area contributed by atoms with Crippen LogP contribution in [0.25, 0.3) is 0 Å². The minimum Gasteiger partial charge on any atom is -0.393 e. The van der Waals surface area contributed by atoms with Gasteiger partial charge in [0.1, 0.15) is 6.07 Å². The first-order chi connectivity index (χ1) is 8.69. The van der Waals surface area contributed by atoms with Crippen LogP contribution >= 0.6 is 11.6 Å². The Kier molecular flexibility index (Phi) is 4.46. The second kappa shape index (κ2) is 6.08. The third-order valence-corrected chi connectivity index (χ3v) is 3.67. The van der Waals surface area contributed by atoms with Crippen molar-refractivity contribution < 1.29 is 5.11 Å². The van der Waals surface area contributed by atoms with Gasteiger partial charge in [-0.05, 0) is 43.4 Å². The molecule has 2 N–H and O–H groups in total. The van der Waals surface area contributed by atoms with Crippen LogP contribution in [0.3, 0.4) is 0 Å². The Balaban J connectivity index is 1.97. The molecule has 1 aromatic carbocycles. The standard InChI is InChI=1S/C14H17ClN2O/c15-12-5-4-11(8-16)14(7-12)17-9-10-2-1-3-13(18)6-10/h4-5,7,10,13,17-18H,1-3,6,9H2. The average molecular weight is 265 g/mol. The molecule has 2 rings (SSSR count). The molecule has 0 aromatic heterocycles. The summed E-state index contributed by atoms with van der Waals surface area (Å²) in [5.41, 5.74) is 1.39. The van der Waals surface area contributed by atoms with Crippen molar-refractivity contribution in [1.29, 1.82) is 5.26 Å². The van der Waals surface area contributed by atoms with Crippen LogP contribution in [-0.4, -0.2) is 17.8 Å².